The zero-order valence-electron chi connectivity index (χ0n) is 16.0. The molecular weight excluding hydrogens is 396 g/mol. The van der Waals surface area contributed by atoms with Gasteiger partial charge in [-0.2, -0.15) is 0 Å². The van der Waals surface area contributed by atoms with Gasteiger partial charge in [-0.1, -0.05) is 18.2 Å². The first kappa shape index (κ1) is 18.4. The Morgan fingerprint density at radius 1 is 1.03 bits per heavy atom. The minimum Gasteiger partial charge on any atom is -0.321 e. The average molecular weight is 414 g/mol. The molecule has 2 amide bonds. The third-order valence-electron chi connectivity index (χ3n) is 5.01. The van der Waals surface area contributed by atoms with Crippen LogP contribution in [0.25, 0.3) is 21.2 Å². The molecule has 0 radical (unpaired) electrons. The lowest BCUT2D eigenvalue weighted by Gasteiger charge is -2.08. The molecule has 0 spiro atoms. The number of nitrogens with zero attached hydrogens (tertiary/aromatic N) is 2. The number of hydrogen-bond donors (Lipinski definition) is 2. The normalized spacial score (nSPS) is 13.2. The summed E-state index contributed by atoms with van der Waals surface area (Å²) in [6.07, 6.45) is 6.75. The summed E-state index contributed by atoms with van der Waals surface area (Å²) in [7, 11) is 0. The summed E-state index contributed by atoms with van der Waals surface area (Å²) < 4.78 is 1.21. The van der Waals surface area contributed by atoms with Crippen LogP contribution in [0.2, 0.25) is 0 Å². The van der Waals surface area contributed by atoms with Gasteiger partial charge in [0.05, 0.1) is 11.9 Å². The van der Waals surface area contributed by atoms with Gasteiger partial charge in [-0.15, -0.1) is 11.3 Å². The fourth-order valence-corrected chi connectivity index (χ4v) is 4.24. The van der Waals surface area contributed by atoms with E-state index >= 15 is 0 Å². The summed E-state index contributed by atoms with van der Waals surface area (Å²) in [5.74, 6) is 0.135. The highest BCUT2D eigenvalue weighted by Gasteiger charge is 2.29. The Balaban J connectivity index is 1.35. The zero-order valence-corrected chi connectivity index (χ0v) is 16.8. The van der Waals surface area contributed by atoms with E-state index < -0.39 is 0 Å². The van der Waals surface area contributed by atoms with Crippen molar-refractivity contribution in [2.45, 2.75) is 12.8 Å². The van der Waals surface area contributed by atoms with Crippen molar-refractivity contribution in [2.24, 2.45) is 5.92 Å². The molecule has 6 nitrogen and oxygen atoms in total. The number of hydrogen-bond acceptors (Lipinski definition) is 5. The molecule has 1 saturated carbocycles. The largest absolute Gasteiger partial charge is 0.321 e. The molecule has 1 aliphatic rings. The Morgan fingerprint density at radius 2 is 1.90 bits per heavy atom. The van der Waals surface area contributed by atoms with Crippen molar-refractivity contribution in [1.29, 1.82) is 0 Å². The quantitative estimate of drug-likeness (QED) is 0.483. The van der Waals surface area contributed by atoms with E-state index in [1.165, 1.54) is 10.9 Å². The standard InChI is InChI=1S/C23H18N4O2S/c28-22(14-5-6-14)27-21-10-15(7-8-25-21)23(29)26-17-9-16(11-24-12-17)19-13-30-20-4-2-1-3-18(19)20/h1-4,7-14H,5-6H2,(H,26,29)(H,25,27,28). The first-order valence-electron chi connectivity index (χ1n) is 9.67. The molecule has 2 N–H and O–H groups in total. The number of amides is 2. The van der Waals surface area contributed by atoms with Crippen LogP contribution in [0.4, 0.5) is 11.5 Å². The maximum Gasteiger partial charge on any atom is 0.255 e. The van der Waals surface area contributed by atoms with Gasteiger partial charge in [-0.3, -0.25) is 14.6 Å². The summed E-state index contributed by atoms with van der Waals surface area (Å²) in [5, 5.41) is 8.92. The van der Waals surface area contributed by atoms with Crippen molar-refractivity contribution < 1.29 is 9.59 Å². The molecule has 5 rings (SSSR count). The van der Waals surface area contributed by atoms with Crippen LogP contribution in [0.1, 0.15) is 23.2 Å². The number of benzene rings is 1. The number of aromatic nitrogens is 2. The highest BCUT2D eigenvalue weighted by molar-refractivity contribution is 7.17. The van der Waals surface area contributed by atoms with Crippen molar-refractivity contribution in [1.82, 2.24) is 9.97 Å². The van der Waals surface area contributed by atoms with Crippen LogP contribution in [0, 0.1) is 5.92 Å². The Bertz CT molecular complexity index is 1260. The summed E-state index contributed by atoms with van der Waals surface area (Å²) in [5.41, 5.74) is 3.06. The zero-order chi connectivity index (χ0) is 20.5. The molecule has 1 aromatic carbocycles. The monoisotopic (exact) mass is 414 g/mol. The van der Waals surface area contributed by atoms with E-state index in [2.05, 4.69) is 38.1 Å². The van der Waals surface area contributed by atoms with E-state index in [1.54, 1.807) is 35.9 Å². The average Bonchev–Trinajstić information content (AvgIpc) is 3.53. The van der Waals surface area contributed by atoms with Crippen molar-refractivity contribution in [3.8, 4) is 11.1 Å². The third-order valence-corrected chi connectivity index (χ3v) is 5.97. The molecule has 3 heterocycles. The van der Waals surface area contributed by atoms with Gasteiger partial charge in [0.1, 0.15) is 5.82 Å². The van der Waals surface area contributed by atoms with Gasteiger partial charge >= 0.3 is 0 Å². The molecule has 30 heavy (non-hydrogen) atoms. The maximum absolute atomic E-state index is 12.7. The van der Waals surface area contributed by atoms with Crippen LogP contribution in [0.5, 0.6) is 0 Å². The fourth-order valence-electron chi connectivity index (χ4n) is 3.27. The predicted molar refractivity (Wildman–Crippen MR) is 119 cm³/mol. The van der Waals surface area contributed by atoms with Crippen LogP contribution >= 0.6 is 11.3 Å². The number of thiophene rings is 1. The van der Waals surface area contributed by atoms with Gasteiger partial charge < -0.3 is 10.6 Å². The third kappa shape index (κ3) is 3.79. The van der Waals surface area contributed by atoms with Gasteiger partial charge in [0.2, 0.25) is 5.91 Å². The highest BCUT2D eigenvalue weighted by Crippen LogP contribution is 2.34. The number of pyridine rings is 2. The number of fused-ring (bicyclic) bond motifs is 1. The molecule has 0 unspecified atom stereocenters. The second-order valence-electron chi connectivity index (χ2n) is 7.26. The van der Waals surface area contributed by atoms with Gasteiger partial charge in [-0.25, -0.2) is 4.98 Å². The molecule has 7 heteroatoms. The predicted octanol–water partition coefficient (Wildman–Crippen LogP) is 4.96. The number of anilines is 2. The van der Waals surface area contributed by atoms with Crippen LogP contribution < -0.4 is 10.6 Å². The molecule has 148 valence electrons. The van der Waals surface area contributed by atoms with Crippen LogP contribution in [0.15, 0.2) is 66.4 Å². The SMILES string of the molecule is O=C(Nc1cncc(-c2csc3ccccc23)c1)c1ccnc(NC(=O)C2CC2)c1. The minimum absolute atomic E-state index is 0.0417. The van der Waals surface area contributed by atoms with E-state index in [1.807, 2.05) is 18.2 Å². The van der Waals surface area contributed by atoms with Gasteiger partial charge in [-0.05, 0) is 42.5 Å². The fraction of sp³-hybridized carbons (Fsp3) is 0.130. The number of rotatable bonds is 5. The Morgan fingerprint density at radius 3 is 2.77 bits per heavy atom. The summed E-state index contributed by atoms with van der Waals surface area (Å²) in [6, 6.07) is 13.3. The summed E-state index contributed by atoms with van der Waals surface area (Å²) in [6.45, 7) is 0. The number of carbonyl (C=O) groups excluding carboxylic acids is 2. The van der Waals surface area contributed by atoms with E-state index in [4.69, 9.17) is 0 Å². The van der Waals surface area contributed by atoms with Crippen molar-refractivity contribution >= 4 is 44.7 Å². The Labute approximate surface area is 177 Å². The molecule has 1 fully saturated rings. The van der Waals surface area contributed by atoms with Gasteiger partial charge in [0.25, 0.3) is 5.91 Å². The molecule has 0 atom stereocenters. The highest BCUT2D eigenvalue weighted by atomic mass is 32.1. The molecule has 1 aliphatic carbocycles. The second-order valence-corrected chi connectivity index (χ2v) is 8.17. The topological polar surface area (TPSA) is 84.0 Å². The Kier molecular flexibility index (Phi) is 4.72. The lowest BCUT2D eigenvalue weighted by Crippen LogP contribution is -2.16. The van der Waals surface area contributed by atoms with Crippen LogP contribution in [0.3, 0.4) is 0 Å². The molecule has 0 saturated heterocycles. The van der Waals surface area contributed by atoms with Gasteiger partial charge in [0.15, 0.2) is 0 Å². The molecule has 0 bridgehead atoms. The van der Waals surface area contributed by atoms with E-state index in [0.717, 1.165) is 29.4 Å². The lowest BCUT2D eigenvalue weighted by atomic mass is 10.1. The molecular formula is C23H18N4O2S. The number of carbonyl (C=O) groups is 2. The van der Waals surface area contributed by atoms with Gasteiger partial charge in [0, 0.05) is 45.1 Å². The molecule has 3 aromatic heterocycles. The van der Waals surface area contributed by atoms with E-state index in [-0.39, 0.29) is 17.7 Å². The van der Waals surface area contributed by atoms with E-state index in [9.17, 15) is 9.59 Å². The van der Waals surface area contributed by atoms with Crippen LogP contribution in [-0.4, -0.2) is 21.8 Å². The summed E-state index contributed by atoms with van der Waals surface area (Å²) in [4.78, 5) is 33.1. The first-order chi connectivity index (χ1) is 14.7. The second kappa shape index (κ2) is 7.68. The summed E-state index contributed by atoms with van der Waals surface area (Å²) >= 11 is 1.68. The molecule has 4 aromatic rings. The minimum atomic E-state index is -0.284. The smallest absolute Gasteiger partial charge is 0.255 e. The maximum atomic E-state index is 12.7. The van der Waals surface area contributed by atoms with Crippen molar-refractivity contribution in [2.75, 3.05) is 10.6 Å². The van der Waals surface area contributed by atoms with Crippen LogP contribution in [-0.2, 0) is 4.79 Å². The first-order valence-corrected chi connectivity index (χ1v) is 10.6. The van der Waals surface area contributed by atoms with Crippen molar-refractivity contribution in [3.05, 3.63) is 72.0 Å². The number of nitrogens with one attached hydrogen (secondary N) is 2. The molecule has 0 aliphatic heterocycles. The van der Waals surface area contributed by atoms with Crippen molar-refractivity contribution in [3.63, 3.8) is 0 Å². The Hall–Kier alpha value is -3.58. The lowest BCUT2D eigenvalue weighted by molar-refractivity contribution is -0.117. The van der Waals surface area contributed by atoms with E-state index in [0.29, 0.717) is 17.1 Å².